The van der Waals surface area contributed by atoms with Crippen LogP contribution in [0.5, 0.6) is 5.75 Å². The third-order valence-electron chi connectivity index (χ3n) is 4.71. The highest BCUT2D eigenvalue weighted by atomic mass is 16.5. The van der Waals surface area contributed by atoms with Gasteiger partial charge in [0.15, 0.2) is 11.9 Å². The molecule has 3 heteroatoms. The summed E-state index contributed by atoms with van der Waals surface area (Å²) < 4.78 is 8.46. The van der Waals surface area contributed by atoms with Crippen LogP contribution in [0.15, 0.2) is 84.9 Å². The first-order chi connectivity index (χ1) is 12.7. The number of imidazole rings is 1. The van der Waals surface area contributed by atoms with Crippen LogP contribution in [-0.2, 0) is 0 Å². The van der Waals surface area contributed by atoms with Gasteiger partial charge in [-0.25, -0.2) is 4.98 Å². The molecule has 1 aromatic heterocycles. The molecule has 0 amide bonds. The fourth-order valence-corrected chi connectivity index (χ4v) is 3.39. The van der Waals surface area contributed by atoms with Crippen molar-refractivity contribution in [3.05, 3.63) is 96.3 Å². The molecule has 0 saturated heterocycles. The molecule has 0 N–H and O–H groups in total. The second kappa shape index (κ2) is 7.04. The maximum absolute atomic E-state index is 6.17. The first-order valence-electron chi connectivity index (χ1n) is 8.97. The van der Waals surface area contributed by atoms with Gasteiger partial charge in [0.2, 0.25) is 0 Å². The highest BCUT2D eigenvalue weighted by molar-refractivity contribution is 5.76. The summed E-state index contributed by atoms with van der Waals surface area (Å²) in [6.45, 7) is 4.27. The summed E-state index contributed by atoms with van der Waals surface area (Å²) >= 11 is 0. The molecule has 0 aliphatic heterocycles. The second-order valence-electron chi connectivity index (χ2n) is 6.49. The van der Waals surface area contributed by atoms with Crippen molar-refractivity contribution in [1.29, 1.82) is 0 Å². The van der Waals surface area contributed by atoms with Gasteiger partial charge in [0.05, 0.1) is 17.1 Å². The van der Waals surface area contributed by atoms with E-state index in [0.29, 0.717) is 0 Å². The predicted octanol–water partition coefficient (Wildman–Crippen LogP) is 5.79. The van der Waals surface area contributed by atoms with Crippen molar-refractivity contribution < 1.29 is 4.74 Å². The van der Waals surface area contributed by atoms with E-state index >= 15 is 0 Å². The lowest BCUT2D eigenvalue weighted by Crippen LogP contribution is -2.15. The summed E-state index contributed by atoms with van der Waals surface area (Å²) in [7, 11) is 0. The Morgan fingerprint density at radius 2 is 1.38 bits per heavy atom. The normalized spacial score (nSPS) is 13.5. The molecule has 0 bridgehead atoms. The van der Waals surface area contributed by atoms with Gasteiger partial charge in [-0.1, -0.05) is 60.7 Å². The number of ether oxygens (including phenoxy) is 1. The summed E-state index contributed by atoms with van der Waals surface area (Å²) in [5, 5.41) is 0. The molecule has 0 spiro atoms. The van der Waals surface area contributed by atoms with E-state index in [-0.39, 0.29) is 12.1 Å². The van der Waals surface area contributed by atoms with Crippen molar-refractivity contribution in [1.82, 2.24) is 9.55 Å². The summed E-state index contributed by atoms with van der Waals surface area (Å²) in [6.07, 6.45) is -0.157. The number of fused-ring (bicyclic) bond motifs is 1. The average Bonchev–Trinajstić information content (AvgIpc) is 3.08. The van der Waals surface area contributed by atoms with E-state index in [4.69, 9.17) is 9.72 Å². The average molecular weight is 342 g/mol. The van der Waals surface area contributed by atoms with Crippen LogP contribution in [-0.4, -0.2) is 9.55 Å². The lowest BCUT2D eigenvalue weighted by Gasteiger charge is -2.22. The zero-order valence-corrected chi connectivity index (χ0v) is 15.0. The molecule has 0 aliphatic rings. The number of rotatable bonds is 5. The molecule has 2 atom stereocenters. The van der Waals surface area contributed by atoms with Crippen molar-refractivity contribution in [2.24, 2.45) is 0 Å². The van der Waals surface area contributed by atoms with Crippen molar-refractivity contribution in [3.63, 3.8) is 0 Å². The molecule has 0 radical (unpaired) electrons. The van der Waals surface area contributed by atoms with Crippen molar-refractivity contribution in [3.8, 4) is 5.75 Å². The van der Waals surface area contributed by atoms with Gasteiger partial charge in [-0.3, -0.25) is 0 Å². The highest BCUT2D eigenvalue weighted by Crippen LogP contribution is 2.30. The minimum absolute atomic E-state index is 0.157. The van der Waals surface area contributed by atoms with E-state index in [9.17, 15) is 0 Å². The molecular formula is C23H22N2O. The molecule has 130 valence electrons. The lowest BCUT2D eigenvalue weighted by atomic mass is 10.1. The van der Waals surface area contributed by atoms with E-state index in [1.165, 1.54) is 5.56 Å². The molecule has 0 aliphatic carbocycles. The van der Waals surface area contributed by atoms with Gasteiger partial charge in [-0.2, -0.15) is 0 Å². The number of hydrogen-bond acceptors (Lipinski definition) is 2. The van der Waals surface area contributed by atoms with E-state index in [2.05, 4.69) is 60.9 Å². The van der Waals surface area contributed by atoms with E-state index in [0.717, 1.165) is 22.6 Å². The Labute approximate surface area is 153 Å². The predicted molar refractivity (Wildman–Crippen MR) is 105 cm³/mol. The highest BCUT2D eigenvalue weighted by Gasteiger charge is 2.22. The summed E-state index contributed by atoms with van der Waals surface area (Å²) in [6, 6.07) is 28.9. The van der Waals surface area contributed by atoms with Crippen LogP contribution < -0.4 is 4.74 Å². The van der Waals surface area contributed by atoms with E-state index in [1.807, 2.05) is 42.5 Å². The second-order valence-corrected chi connectivity index (χ2v) is 6.49. The molecular weight excluding hydrogens is 320 g/mol. The maximum atomic E-state index is 6.17. The van der Waals surface area contributed by atoms with Crippen molar-refractivity contribution in [2.45, 2.75) is 26.0 Å². The largest absolute Gasteiger partial charge is 0.483 e. The van der Waals surface area contributed by atoms with Crippen LogP contribution in [0.4, 0.5) is 0 Å². The van der Waals surface area contributed by atoms with Gasteiger partial charge in [0, 0.05) is 0 Å². The molecule has 4 rings (SSSR count). The van der Waals surface area contributed by atoms with Gasteiger partial charge in [-0.05, 0) is 43.7 Å². The molecule has 1 heterocycles. The Morgan fingerprint density at radius 3 is 2.12 bits per heavy atom. The first kappa shape index (κ1) is 16.4. The standard InChI is InChI=1S/C23H22N2O/c1-17(19-11-5-3-6-12-19)25-22-16-10-9-15-21(22)24-23(25)18(2)26-20-13-7-4-8-14-20/h3-18H,1-2H3. The maximum Gasteiger partial charge on any atom is 0.153 e. The molecule has 2 unspecified atom stereocenters. The lowest BCUT2D eigenvalue weighted by molar-refractivity contribution is 0.210. The SMILES string of the molecule is CC(Oc1ccccc1)c1nc2ccccc2n1C(C)c1ccccc1. The van der Waals surface area contributed by atoms with Crippen LogP contribution in [0.2, 0.25) is 0 Å². The molecule has 26 heavy (non-hydrogen) atoms. The zero-order valence-electron chi connectivity index (χ0n) is 15.0. The first-order valence-corrected chi connectivity index (χ1v) is 8.97. The fourth-order valence-electron chi connectivity index (χ4n) is 3.39. The van der Waals surface area contributed by atoms with Gasteiger partial charge >= 0.3 is 0 Å². The summed E-state index contributed by atoms with van der Waals surface area (Å²) in [5.74, 6) is 1.79. The Kier molecular flexibility index (Phi) is 4.44. The van der Waals surface area contributed by atoms with Gasteiger partial charge in [0.1, 0.15) is 5.75 Å². The number of aromatic nitrogens is 2. The van der Waals surface area contributed by atoms with Gasteiger partial charge in [-0.15, -0.1) is 0 Å². The third-order valence-corrected chi connectivity index (χ3v) is 4.71. The Morgan fingerprint density at radius 1 is 0.769 bits per heavy atom. The fraction of sp³-hybridized carbons (Fsp3) is 0.174. The summed E-state index contributed by atoms with van der Waals surface area (Å²) in [4.78, 5) is 4.89. The van der Waals surface area contributed by atoms with Crippen LogP contribution in [0, 0.1) is 0 Å². The van der Waals surface area contributed by atoms with E-state index in [1.54, 1.807) is 0 Å². The number of benzene rings is 3. The molecule has 4 aromatic rings. The van der Waals surface area contributed by atoms with Crippen LogP contribution in [0.3, 0.4) is 0 Å². The molecule has 0 fully saturated rings. The van der Waals surface area contributed by atoms with Crippen LogP contribution >= 0.6 is 0 Å². The number of hydrogen-bond donors (Lipinski definition) is 0. The van der Waals surface area contributed by atoms with Crippen molar-refractivity contribution >= 4 is 11.0 Å². The minimum Gasteiger partial charge on any atom is -0.483 e. The minimum atomic E-state index is -0.157. The Bertz CT molecular complexity index is 993. The molecule has 3 nitrogen and oxygen atoms in total. The summed E-state index contributed by atoms with van der Waals surface area (Å²) in [5.41, 5.74) is 3.37. The van der Waals surface area contributed by atoms with Gasteiger partial charge in [0.25, 0.3) is 0 Å². The van der Waals surface area contributed by atoms with Crippen LogP contribution in [0.1, 0.15) is 37.4 Å². The monoisotopic (exact) mass is 342 g/mol. The molecule has 3 aromatic carbocycles. The van der Waals surface area contributed by atoms with Gasteiger partial charge < -0.3 is 9.30 Å². The topological polar surface area (TPSA) is 27.1 Å². The smallest absolute Gasteiger partial charge is 0.153 e. The number of nitrogens with zero attached hydrogens (tertiary/aromatic N) is 2. The molecule has 0 saturated carbocycles. The number of para-hydroxylation sites is 3. The Hall–Kier alpha value is -3.07. The van der Waals surface area contributed by atoms with Crippen molar-refractivity contribution in [2.75, 3.05) is 0 Å². The third kappa shape index (κ3) is 3.08. The quantitative estimate of drug-likeness (QED) is 0.459. The van der Waals surface area contributed by atoms with Crippen LogP contribution in [0.25, 0.3) is 11.0 Å². The van der Waals surface area contributed by atoms with E-state index < -0.39 is 0 Å². The Balaban J connectivity index is 1.79. The zero-order chi connectivity index (χ0) is 17.9.